The van der Waals surface area contributed by atoms with Crippen molar-refractivity contribution in [2.24, 2.45) is 0 Å². The molecule has 31 heavy (non-hydrogen) atoms. The molecule has 0 aliphatic rings. The molecule has 0 spiro atoms. The standard InChI is InChI=1S/C24H20BN5O/c1-3-5-8-18(4-2)31-21-10-7-6-9-19(21)20-16-27-30-14-13-23(29-24(20)30)28-17-11-12-22(25)26-15-17/h3-16H,1H2,2H3,(H,28,29)/b8-5-,18-4+. The first-order valence-corrected chi connectivity index (χ1v) is 9.73. The number of benzene rings is 1. The van der Waals surface area contributed by atoms with Crippen LogP contribution in [0.1, 0.15) is 6.92 Å². The van der Waals surface area contributed by atoms with Gasteiger partial charge >= 0.3 is 0 Å². The summed E-state index contributed by atoms with van der Waals surface area (Å²) in [4.78, 5) is 8.85. The number of hydrogen-bond donors (Lipinski definition) is 1. The first kappa shape index (κ1) is 20.2. The summed E-state index contributed by atoms with van der Waals surface area (Å²) in [5.41, 5.74) is 3.71. The lowest BCUT2D eigenvalue weighted by molar-refractivity contribution is 0.445. The van der Waals surface area contributed by atoms with E-state index in [0.717, 1.165) is 22.6 Å². The summed E-state index contributed by atoms with van der Waals surface area (Å²) >= 11 is 0. The predicted molar refractivity (Wildman–Crippen MR) is 125 cm³/mol. The van der Waals surface area contributed by atoms with E-state index in [0.29, 0.717) is 22.8 Å². The largest absolute Gasteiger partial charge is 0.457 e. The maximum absolute atomic E-state index is 6.13. The summed E-state index contributed by atoms with van der Waals surface area (Å²) in [5.74, 6) is 2.10. The van der Waals surface area contributed by atoms with Gasteiger partial charge in [-0.25, -0.2) is 9.50 Å². The zero-order valence-corrected chi connectivity index (χ0v) is 17.1. The molecule has 0 aliphatic carbocycles. The van der Waals surface area contributed by atoms with Crippen molar-refractivity contribution in [2.45, 2.75) is 6.92 Å². The Hall–Kier alpha value is -4.13. The quantitative estimate of drug-likeness (QED) is 0.281. The van der Waals surface area contributed by atoms with Crippen molar-refractivity contribution in [2.75, 3.05) is 5.32 Å². The molecule has 0 unspecified atom stereocenters. The van der Waals surface area contributed by atoms with E-state index in [1.165, 1.54) is 0 Å². The molecule has 0 saturated carbocycles. The van der Waals surface area contributed by atoms with E-state index in [9.17, 15) is 0 Å². The molecule has 150 valence electrons. The second kappa shape index (κ2) is 9.13. The highest BCUT2D eigenvalue weighted by molar-refractivity contribution is 6.30. The van der Waals surface area contributed by atoms with Crippen LogP contribution in [0.2, 0.25) is 0 Å². The highest BCUT2D eigenvalue weighted by Gasteiger charge is 2.14. The lowest BCUT2D eigenvalue weighted by Gasteiger charge is -2.11. The monoisotopic (exact) mass is 405 g/mol. The SMILES string of the molecule is [B]c1ccc(Nc2ccn3ncc(-c4ccccc4OC(/C=C\C=C)=C/C)c3n2)cn1. The van der Waals surface area contributed by atoms with Gasteiger partial charge in [0.05, 0.1) is 17.4 Å². The molecule has 0 bridgehead atoms. The zero-order chi connectivity index (χ0) is 21.6. The Morgan fingerprint density at radius 2 is 2.00 bits per heavy atom. The van der Waals surface area contributed by atoms with Gasteiger partial charge in [0.25, 0.3) is 0 Å². The summed E-state index contributed by atoms with van der Waals surface area (Å²) in [6.45, 7) is 5.63. The van der Waals surface area contributed by atoms with Crippen LogP contribution in [-0.4, -0.2) is 27.4 Å². The second-order valence-corrected chi connectivity index (χ2v) is 6.62. The van der Waals surface area contributed by atoms with Gasteiger partial charge in [-0.15, -0.1) is 0 Å². The first-order valence-electron chi connectivity index (χ1n) is 9.73. The van der Waals surface area contributed by atoms with Gasteiger partial charge in [-0.3, -0.25) is 4.98 Å². The molecule has 3 heterocycles. The van der Waals surface area contributed by atoms with E-state index >= 15 is 0 Å². The number of allylic oxidation sites excluding steroid dienone is 4. The van der Waals surface area contributed by atoms with Gasteiger partial charge in [0, 0.05) is 18.0 Å². The molecule has 1 N–H and O–H groups in total. The molecule has 0 aliphatic heterocycles. The van der Waals surface area contributed by atoms with Gasteiger partial charge in [-0.2, -0.15) is 5.10 Å². The zero-order valence-electron chi connectivity index (χ0n) is 17.1. The molecule has 4 aromatic rings. The number of pyridine rings is 1. The molecule has 0 amide bonds. The summed E-state index contributed by atoms with van der Waals surface area (Å²) in [7, 11) is 5.66. The molecule has 0 saturated heterocycles. The molecular weight excluding hydrogens is 385 g/mol. The molecule has 2 radical (unpaired) electrons. The Kier molecular flexibility index (Phi) is 5.94. The van der Waals surface area contributed by atoms with Gasteiger partial charge in [0.1, 0.15) is 25.2 Å². The highest BCUT2D eigenvalue weighted by Crippen LogP contribution is 2.33. The minimum Gasteiger partial charge on any atom is -0.457 e. The normalized spacial score (nSPS) is 11.7. The fourth-order valence-electron chi connectivity index (χ4n) is 3.01. The molecule has 6 nitrogen and oxygen atoms in total. The maximum atomic E-state index is 6.13. The number of aromatic nitrogens is 4. The summed E-state index contributed by atoms with van der Waals surface area (Å²) < 4.78 is 7.86. The van der Waals surface area contributed by atoms with Crippen LogP contribution in [0.5, 0.6) is 5.75 Å². The maximum Gasteiger partial charge on any atom is 0.165 e. The van der Waals surface area contributed by atoms with E-state index in [1.54, 1.807) is 29.1 Å². The van der Waals surface area contributed by atoms with Gasteiger partial charge in [-0.05, 0) is 48.9 Å². The summed E-state index contributed by atoms with van der Waals surface area (Å²) in [6.07, 6.45) is 12.6. The number of anilines is 2. The smallest absolute Gasteiger partial charge is 0.165 e. The average molecular weight is 405 g/mol. The number of nitrogens with one attached hydrogen (secondary N) is 1. The highest BCUT2D eigenvalue weighted by atomic mass is 16.5. The van der Waals surface area contributed by atoms with Crippen LogP contribution < -0.4 is 15.6 Å². The first-order chi connectivity index (χ1) is 15.2. The second-order valence-electron chi connectivity index (χ2n) is 6.62. The fourth-order valence-corrected chi connectivity index (χ4v) is 3.01. The molecule has 1 aromatic carbocycles. The van der Waals surface area contributed by atoms with Crippen LogP contribution in [0.4, 0.5) is 11.5 Å². The fraction of sp³-hybridized carbons (Fsp3) is 0.0417. The van der Waals surface area contributed by atoms with E-state index in [2.05, 4.69) is 22.0 Å². The number of nitrogens with zero attached hydrogens (tertiary/aromatic N) is 4. The molecule has 4 rings (SSSR count). The van der Waals surface area contributed by atoms with Crippen molar-refractivity contribution >= 4 is 30.6 Å². The predicted octanol–water partition coefficient (Wildman–Crippen LogP) is 4.35. The molecule has 7 heteroatoms. The lowest BCUT2D eigenvalue weighted by atomic mass is 10.0. The number of fused-ring (bicyclic) bond motifs is 1. The van der Waals surface area contributed by atoms with Crippen molar-refractivity contribution in [3.8, 4) is 16.9 Å². The van der Waals surface area contributed by atoms with Gasteiger partial charge in [-0.1, -0.05) is 36.9 Å². The number of rotatable bonds is 7. The Labute approximate surface area is 182 Å². The Morgan fingerprint density at radius 1 is 1.13 bits per heavy atom. The number of para-hydroxylation sites is 1. The van der Waals surface area contributed by atoms with Crippen LogP contribution in [0.15, 0.2) is 97.7 Å². The molecule has 0 atom stereocenters. The van der Waals surface area contributed by atoms with Crippen molar-refractivity contribution in [1.82, 2.24) is 19.6 Å². The number of ether oxygens (including phenoxy) is 1. The van der Waals surface area contributed by atoms with Gasteiger partial charge < -0.3 is 10.1 Å². The van der Waals surface area contributed by atoms with E-state index < -0.39 is 0 Å². The van der Waals surface area contributed by atoms with Crippen molar-refractivity contribution in [1.29, 1.82) is 0 Å². The molecule has 0 fully saturated rings. The summed E-state index contributed by atoms with van der Waals surface area (Å²) in [5, 5.41) is 7.69. The van der Waals surface area contributed by atoms with Gasteiger partial charge in [0.15, 0.2) is 5.65 Å². The van der Waals surface area contributed by atoms with Crippen LogP contribution >= 0.6 is 0 Å². The van der Waals surface area contributed by atoms with Crippen LogP contribution in [-0.2, 0) is 0 Å². The van der Waals surface area contributed by atoms with Crippen LogP contribution in [0, 0.1) is 0 Å². The minimum absolute atomic E-state index is 0.465. The van der Waals surface area contributed by atoms with E-state index in [-0.39, 0.29) is 0 Å². The van der Waals surface area contributed by atoms with Crippen LogP contribution in [0.25, 0.3) is 16.8 Å². The lowest BCUT2D eigenvalue weighted by Crippen LogP contribution is -2.07. The van der Waals surface area contributed by atoms with Crippen molar-refractivity contribution in [3.05, 3.63) is 97.7 Å². The third-order valence-electron chi connectivity index (χ3n) is 4.51. The summed E-state index contributed by atoms with van der Waals surface area (Å²) in [6, 6.07) is 13.2. The third kappa shape index (κ3) is 4.56. The van der Waals surface area contributed by atoms with Crippen molar-refractivity contribution in [3.63, 3.8) is 0 Å². The van der Waals surface area contributed by atoms with Crippen molar-refractivity contribution < 1.29 is 4.74 Å². The van der Waals surface area contributed by atoms with Crippen LogP contribution in [0.3, 0.4) is 0 Å². The van der Waals surface area contributed by atoms with E-state index in [4.69, 9.17) is 17.6 Å². The number of hydrogen-bond acceptors (Lipinski definition) is 5. The topological polar surface area (TPSA) is 64.3 Å². The third-order valence-corrected chi connectivity index (χ3v) is 4.51. The Bertz CT molecular complexity index is 1270. The molecular formula is C24H20BN5O. The van der Waals surface area contributed by atoms with E-state index in [1.807, 2.05) is 67.7 Å². The average Bonchev–Trinajstić information content (AvgIpc) is 3.21. The minimum atomic E-state index is 0.465. The Morgan fingerprint density at radius 3 is 2.77 bits per heavy atom. The Balaban J connectivity index is 1.71. The van der Waals surface area contributed by atoms with Gasteiger partial charge in [0.2, 0.25) is 0 Å². The molecule has 3 aromatic heterocycles.